The Labute approximate surface area is 191 Å². The molecule has 10 heteroatoms. The van der Waals surface area contributed by atoms with Crippen LogP contribution in [0.25, 0.3) is 22.2 Å². The van der Waals surface area contributed by atoms with E-state index >= 15 is 0 Å². The first kappa shape index (κ1) is 21.9. The summed E-state index contributed by atoms with van der Waals surface area (Å²) in [6.07, 6.45) is -0.757. The third kappa shape index (κ3) is 4.70. The fourth-order valence-corrected chi connectivity index (χ4v) is 3.62. The molecule has 2 aromatic heterocycles. The van der Waals surface area contributed by atoms with Crippen LogP contribution in [0.5, 0.6) is 17.2 Å². The Balaban J connectivity index is 1.36. The number of aromatic hydroxyl groups is 1. The molecule has 0 unspecified atom stereocenters. The predicted octanol–water partition coefficient (Wildman–Crippen LogP) is 6.18. The molecule has 1 aliphatic carbocycles. The van der Waals surface area contributed by atoms with E-state index < -0.39 is 18.5 Å². The lowest BCUT2D eigenvalue weighted by Crippen LogP contribution is -2.21. The number of pyridine rings is 1. The molecule has 4 aromatic rings. The molecule has 1 saturated carbocycles. The van der Waals surface area contributed by atoms with Gasteiger partial charge < -0.3 is 15.2 Å². The molecule has 0 bridgehead atoms. The van der Waals surface area contributed by atoms with E-state index in [1.165, 1.54) is 24.3 Å². The van der Waals surface area contributed by atoms with Crippen molar-refractivity contribution in [1.82, 2.24) is 15.2 Å². The smallest absolute Gasteiger partial charge is 0.405 e. The number of rotatable bonds is 6. The molecule has 5 rings (SSSR count). The lowest BCUT2D eigenvalue weighted by Gasteiger charge is -2.12. The van der Waals surface area contributed by atoms with Crippen molar-refractivity contribution in [2.24, 2.45) is 0 Å². The van der Waals surface area contributed by atoms with Crippen LogP contribution in [0.3, 0.4) is 0 Å². The number of fused-ring (bicyclic) bond motifs is 1. The minimum Gasteiger partial charge on any atom is -0.508 e. The molecular formula is C24H18F4N4O2. The number of aromatic nitrogens is 3. The minimum atomic E-state index is -4.38. The van der Waals surface area contributed by atoms with Gasteiger partial charge in [-0.2, -0.15) is 13.2 Å². The summed E-state index contributed by atoms with van der Waals surface area (Å²) >= 11 is 0. The standard InChI is InChI=1S/C24H18F4N4O2/c25-17-9-14(18-4-6-23(32-31-18)30-12-24(26,27)28)3-5-22(17)34-21-7-8-29-19-10-15(13-1-2-13)20(33)11-16(19)21/h3-11,13,33H,1-2,12H2,(H,30,32). The number of hydrogen-bond acceptors (Lipinski definition) is 6. The van der Waals surface area contributed by atoms with E-state index in [1.54, 1.807) is 24.4 Å². The van der Waals surface area contributed by atoms with Crippen LogP contribution in [0.2, 0.25) is 0 Å². The number of benzene rings is 2. The fourth-order valence-electron chi connectivity index (χ4n) is 3.62. The van der Waals surface area contributed by atoms with Crippen molar-refractivity contribution in [3.63, 3.8) is 0 Å². The van der Waals surface area contributed by atoms with Crippen LogP contribution in [0.4, 0.5) is 23.4 Å². The Morgan fingerprint density at radius 2 is 1.82 bits per heavy atom. The maximum Gasteiger partial charge on any atom is 0.405 e. The average Bonchev–Trinajstić information content (AvgIpc) is 3.64. The average molecular weight is 470 g/mol. The first-order chi connectivity index (χ1) is 16.3. The van der Waals surface area contributed by atoms with E-state index in [4.69, 9.17) is 4.74 Å². The molecule has 1 aliphatic rings. The highest BCUT2D eigenvalue weighted by molar-refractivity contribution is 5.87. The van der Waals surface area contributed by atoms with E-state index in [0.717, 1.165) is 18.4 Å². The molecule has 0 saturated heterocycles. The summed E-state index contributed by atoms with van der Waals surface area (Å²) in [5.74, 6) is 0.0999. The Kier molecular flexibility index (Phi) is 5.43. The molecule has 34 heavy (non-hydrogen) atoms. The Hall–Kier alpha value is -3.95. The third-order valence-corrected chi connectivity index (χ3v) is 5.45. The molecule has 0 aliphatic heterocycles. The van der Waals surface area contributed by atoms with Crippen LogP contribution >= 0.6 is 0 Å². The number of phenols is 1. The molecule has 2 N–H and O–H groups in total. The number of hydrogen-bond donors (Lipinski definition) is 2. The van der Waals surface area contributed by atoms with Gasteiger partial charge in [0.1, 0.15) is 23.9 Å². The summed E-state index contributed by atoms with van der Waals surface area (Å²) in [6, 6.07) is 12.0. The van der Waals surface area contributed by atoms with Gasteiger partial charge in [-0.25, -0.2) is 4.39 Å². The maximum absolute atomic E-state index is 14.8. The number of halogens is 4. The van der Waals surface area contributed by atoms with Crippen molar-refractivity contribution in [2.75, 3.05) is 11.9 Å². The summed E-state index contributed by atoms with van der Waals surface area (Å²) in [4.78, 5) is 4.34. The minimum absolute atomic E-state index is 0.0424. The molecular weight excluding hydrogens is 452 g/mol. The van der Waals surface area contributed by atoms with Crippen LogP contribution in [0.15, 0.2) is 54.7 Å². The van der Waals surface area contributed by atoms with E-state index in [-0.39, 0.29) is 23.0 Å². The number of alkyl halides is 3. The third-order valence-electron chi connectivity index (χ3n) is 5.45. The van der Waals surface area contributed by atoms with Crippen molar-refractivity contribution in [3.8, 4) is 28.5 Å². The van der Waals surface area contributed by atoms with Gasteiger partial charge in [-0.15, -0.1) is 10.2 Å². The lowest BCUT2D eigenvalue weighted by atomic mass is 10.1. The highest BCUT2D eigenvalue weighted by atomic mass is 19.4. The summed E-state index contributed by atoms with van der Waals surface area (Å²) in [6.45, 7) is -1.23. The van der Waals surface area contributed by atoms with Crippen molar-refractivity contribution in [3.05, 3.63) is 66.1 Å². The van der Waals surface area contributed by atoms with Crippen molar-refractivity contribution >= 4 is 16.7 Å². The molecule has 0 spiro atoms. The molecule has 0 radical (unpaired) electrons. The quantitative estimate of drug-likeness (QED) is 0.328. The van der Waals surface area contributed by atoms with E-state index in [2.05, 4.69) is 20.5 Å². The summed E-state index contributed by atoms with van der Waals surface area (Å²) in [7, 11) is 0. The number of nitrogens with one attached hydrogen (secondary N) is 1. The van der Waals surface area contributed by atoms with Gasteiger partial charge in [0.25, 0.3) is 0 Å². The topological polar surface area (TPSA) is 80.2 Å². The largest absolute Gasteiger partial charge is 0.508 e. The fraction of sp³-hybridized carbons (Fsp3) is 0.208. The number of nitrogens with zero attached hydrogens (tertiary/aromatic N) is 3. The Morgan fingerprint density at radius 1 is 1.00 bits per heavy atom. The van der Waals surface area contributed by atoms with Gasteiger partial charge in [0.05, 0.1) is 11.2 Å². The summed E-state index contributed by atoms with van der Waals surface area (Å²) in [5, 5.41) is 20.6. The highest BCUT2D eigenvalue weighted by Crippen LogP contribution is 2.46. The molecule has 1 fully saturated rings. The second-order valence-corrected chi connectivity index (χ2v) is 8.03. The highest BCUT2D eigenvalue weighted by Gasteiger charge is 2.28. The van der Waals surface area contributed by atoms with Crippen molar-refractivity contribution in [1.29, 1.82) is 0 Å². The van der Waals surface area contributed by atoms with Gasteiger partial charge in [-0.3, -0.25) is 4.98 Å². The molecule has 2 heterocycles. The number of ether oxygens (including phenoxy) is 1. The van der Waals surface area contributed by atoms with E-state index in [0.29, 0.717) is 28.1 Å². The molecule has 174 valence electrons. The number of anilines is 1. The zero-order chi connectivity index (χ0) is 23.9. The molecule has 0 atom stereocenters. The predicted molar refractivity (Wildman–Crippen MR) is 117 cm³/mol. The van der Waals surface area contributed by atoms with Gasteiger partial charge in [-0.05, 0) is 72.9 Å². The van der Waals surface area contributed by atoms with Gasteiger partial charge >= 0.3 is 6.18 Å². The van der Waals surface area contributed by atoms with Gasteiger partial charge in [-0.1, -0.05) is 0 Å². The van der Waals surface area contributed by atoms with Crippen LogP contribution in [-0.2, 0) is 0 Å². The Bertz CT molecular complexity index is 1360. The SMILES string of the molecule is Oc1cc2c(Oc3ccc(-c4ccc(NCC(F)(F)F)nn4)cc3F)ccnc2cc1C1CC1. The monoisotopic (exact) mass is 470 g/mol. The zero-order valence-corrected chi connectivity index (χ0v) is 17.6. The maximum atomic E-state index is 14.8. The van der Waals surface area contributed by atoms with Gasteiger partial charge in [0, 0.05) is 17.1 Å². The van der Waals surface area contributed by atoms with Crippen LogP contribution in [0.1, 0.15) is 24.3 Å². The van der Waals surface area contributed by atoms with Crippen LogP contribution in [-0.4, -0.2) is 33.0 Å². The molecule has 2 aromatic carbocycles. The van der Waals surface area contributed by atoms with E-state index in [9.17, 15) is 22.7 Å². The Morgan fingerprint density at radius 3 is 2.50 bits per heavy atom. The van der Waals surface area contributed by atoms with Crippen LogP contribution in [0, 0.1) is 5.82 Å². The van der Waals surface area contributed by atoms with Gasteiger partial charge in [0.15, 0.2) is 11.6 Å². The molecule has 0 amide bonds. The van der Waals surface area contributed by atoms with Crippen LogP contribution < -0.4 is 10.1 Å². The summed E-state index contributed by atoms with van der Waals surface area (Å²) in [5.41, 5.74) is 2.16. The first-order valence-electron chi connectivity index (χ1n) is 10.5. The first-order valence-corrected chi connectivity index (χ1v) is 10.5. The lowest BCUT2D eigenvalue weighted by molar-refractivity contribution is -0.115. The molecule has 6 nitrogen and oxygen atoms in total. The normalized spacial score (nSPS) is 13.8. The second kappa shape index (κ2) is 8.44. The van der Waals surface area contributed by atoms with Crippen molar-refractivity contribution < 1.29 is 27.4 Å². The second-order valence-electron chi connectivity index (χ2n) is 8.03. The van der Waals surface area contributed by atoms with Crippen molar-refractivity contribution in [2.45, 2.75) is 24.9 Å². The van der Waals surface area contributed by atoms with Gasteiger partial charge in [0.2, 0.25) is 0 Å². The summed E-state index contributed by atoms with van der Waals surface area (Å²) < 4.78 is 57.5. The number of phenolic OH excluding ortho intramolecular Hbond substituents is 1. The zero-order valence-electron chi connectivity index (χ0n) is 17.6. The van der Waals surface area contributed by atoms with E-state index in [1.807, 2.05) is 6.07 Å².